The van der Waals surface area contributed by atoms with E-state index >= 15 is 0 Å². The Kier molecular flexibility index (Phi) is 2.99. The van der Waals surface area contributed by atoms with Gasteiger partial charge in [-0.2, -0.15) is 0 Å². The largest absolute Gasteiger partial charge is 0.309 e. The first-order chi connectivity index (χ1) is 10.3. The molecule has 0 amide bonds. The van der Waals surface area contributed by atoms with Crippen LogP contribution in [0.25, 0.3) is 22.7 Å². The lowest BCUT2D eigenvalue weighted by Gasteiger charge is -2.02. The van der Waals surface area contributed by atoms with Crippen molar-refractivity contribution in [1.29, 1.82) is 0 Å². The summed E-state index contributed by atoms with van der Waals surface area (Å²) in [7, 11) is 0. The molecule has 5 heteroatoms. The maximum absolute atomic E-state index is 4.63. The van der Waals surface area contributed by atoms with Gasteiger partial charge >= 0.3 is 0 Å². The Labute approximate surface area is 135 Å². The van der Waals surface area contributed by atoms with Crippen LogP contribution < -0.4 is 0 Å². The van der Waals surface area contributed by atoms with Crippen LogP contribution in [0.4, 0.5) is 0 Å². The Morgan fingerprint density at radius 1 is 0.952 bits per heavy atom. The number of fused-ring (bicyclic) bond motifs is 1. The zero-order chi connectivity index (χ0) is 14.2. The molecule has 4 rings (SSSR count). The van der Waals surface area contributed by atoms with Crippen molar-refractivity contribution < 1.29 is 0 Å². The van der Waals surface area contributed by atoms with E-state index in [2.05, 4.69) is 50.9 Å². The summed E-state index contributed by atoms with van der Waals surface area (Å²) in [6.07, 6.45) is 9.92. The standard InChI is InChI=1S/C16H11IN4/c17-13-4-6-16-19-14(11-21(16)10-13)12-3-5-15(18-9-12)20-7-1-2-8-20/h1-11H/i17-4. The Bertz CT molecular complexity index is 892. The van der Waals surface area contributed by atoms with Crippen LogP contribution in [0.1, 0.15) is 0 Å². The highest BCUT2D eigenvalue weighted by Gasteiger charge is 2.05. The fourth-order valence-electron chi connectivity index (χ4n) is 2.28. The van der Waals surface area contributed by atoms with Crippen molar-refractivity contribution in [3.8, 4) is 17.1 Å². The average molecular weight is 382 g/mol. The van der Waals surface area contributed by atoms with Gasteiger partial charge in [0.25, 0.3) is 0 Å². The number of halogens is 1. The summed E-state index contributed by atoms with van der Waals surface area (Å²) in [5.74, 6) is 0.905. The second kappa shape index (κ2) is 5.00. The lowest BCUT2D eigenvalue weighted by atomic mass is 10.2. The highest BCUT2D eigenvalue weighted by Crippen LogP contribution is 2.20. The highest BCUT2D eigenvalue weighted by molar-refractivity contribution is 14.1. The molecule has 0 fully saturated rings. The number of aromatic nitrogens is 4. The van der Waals surface area contributed by atoms with Crippen molar-refractivity contribution in [3.63, 3.8) is 0 Å². The first-order valence-electron chi connectivity index (χ1n) is 6.54. The minimum Gasteiger partial charge on any atom is -0.309 e. The molecule has 0 radical (unpaired) electrons. The highest BCUT2D eigenvalue weighted by atomic mass is 123. The normalized spacial score (nSPS) is 11.1. The first kappa shape index (κ1) is 12.6. The van der Waals surface area contributed by atoms with Crippen molar-refractivity contribution in [1.82, 2.24) is 18.9 Å². The summed E-state index contributed by atoms with van der Waals surface area (Å²) >= 11 is 2.30. The van der Waals surface area contributed by atoms with E-state index in [1.54, 1.807) is 0 Å². The number of imidazole rings is 1. The van der Waals surface area contributed by atoms with Gasteiger partial charge in [0.2, 0.25) is 0 Å². The van der Waals surface area contributed by atoms with Gasteiger partial charge in [0.1, 0.15) is 11.5 Å². The molecule has 21 heavy (non-hydrogen) atoms. The molecule has 102 valence electrons. The van der Waals surface area contributed by atoms with Gasteiger partial charge in [0, 0.05) is 40.1 Å². The summed E-state index contributed by atoms with van der Waals surface area (Å²) < 4.78 is 5.21. The Morgan fingerprint density at radius 2 is 1.81 bits per heavy atom. The molecule has 0 spiro atoms. The number of hydrogen-bond donors (Lipinski definition) is 0. The molecule has 0 aliphatic rings. The first-order valence-corrected chi connectivity index (χ1v) is 7.61. The predicted octanol–water partition coefficient (Wildman–Crippen LogP) is 3.79. The quantitative estimate of drug-likeness (QED) is 0.495. The fourth-order valence-corrected chi connectivity index (χ4v) is 2.76. The zero-order valence-electron chi connectivity index (χ0n) is 11.0. The maximum Gasteiger partial charge on any atom is 0.137 e. The van der Waals surface area contributed by atoms with Crippen LogP contribution in [0.5, 0.6) is 0 Å². The third-order valence-electron chi connectivity index (χ3n) is 3.33. The van der Waals surface area contributed by atoms with E-state index in [1.165, 1.54) is 3.57 Å². The smallest absolute Gasteiger partial charge is 0.137 e. The van der Waals surface area contributed by atoms with E-state index in [-0.39, 0.29) is 0 Å². The molecule has 0 atom stereocenters. The lowest BCUT2D eigenvalue weighted by Crippen LogP contribution is -1.93. The van der Waals surface area contributed by atoms with E-state index in [4.69, 9.17) is 0 Å². The van der Waals surface area contributed by atoms with Crippen molar-refractivity contribution in [2.75, 3.05) is 0 Å². The van der Waals surface area contributed by atoms with Crippen molar-refractivity contribution in [2.24, 2.45) is 0 Å². The Balaban J connectivity index is 1.74. The van der Waals surface area contributed by atoms with E-state index in [9.17, 15) is 0 Å². The monoisotopic (exact) mass is 382 g/mol. The Hall–Kier alpha value is -2.15. The van der Waals surface area contributed by atoms with Gasteiger partial charge in [-0.3, -0.25) is 0 Å². The Morgan fingerprint density at radius 3 is 2.57 bits per heavy atom. The van der Waals surface area contributed by atoms with E-state index in [0.717, 1.165) is 22.7 Å². The molecule has 4 aromatic rings. The zero-order valence-corrected chi connectivity index (χ0v) is 13.2. The molecular formula is C16H11IN4. The average Bonchev–Trinajstić information content (AvgIpc) is 3.16. The molecule has 0 N–H and O–H groups in total. The molecule has 0 saturated heterocycles. The van der Waals surface area contributed by atoms with Gasteiger partial charge in [0.05, 0.1) is 5.69 Å². The van der Waals surface area contributed by atoms with Crippen LogP contribution in [0.2, 0.25) is 0 Å². The molecule has 0 aliphatic heterocycles. The van der Waals surface area contributed by atoms with Crippen LogP contribution in [0.15, 0.2) is 67.4 Å². The predicted molar refractivity (Wildman–Crippen MR) is 90.5 cm³/mol. The van der Waals surface area contributed by atoms with Crippen LogP contribution in [0.3, 0.4) is 0 Å². The molecule has 0 saturated carbocycles. The molecular weight excluding hydrogens is 371 g/mol. The van der Waals surface area contributed by atoms with Crippen LogP contribution in [-0.4, -0.2) is 18.9 Å². The van der Waals surface area contributed by atoms with Crippen molar-refractivity contribution in [3.05, 3.63) is 71.0 Å². The van der Waals surface area contributed by atoms with Gasteiger partial charge in [0.15, 0.2) is 0 Å². The third-order valence-corrected chi connectivity index (χ3v) is 3.97. The minimum atomic E-state index is 0.905. The maximum atomic E-state index is 4.63. The molecule has 0 aliphatic carbocycles. The number of pyridine rings is 2. The summed E-state index contributed by atoms with van der Waals surface area (Å²) in [5.41, 5.74) is 2.90. The molecule has 4 aromatic heterocycles. The van der Waals surface area contributed by atoms with Gasteiger partial charge in [-0.25, -0.2) is 9.97 Å². The van der Waals surface area contributed by atoms with E-state index in [1.807, 2.05) is 58.0 Å². The summed E-state index contributed by atoms with van der Waals surface area (Å²) in [4.78, 5) is 9.13. The van der Waals surface area contributed by atoms with Crippen molar-refractivity contribution >= 4 is 28.2 Å². The molecule has 4 nitrogen and oxygen atoms in total. The number of nitrogens with zero attached hydrogens (tertiary/aromatic N) is 4. The van der Waals surface area contributed by atoms with Gasteiger partial charge < -0.3 is 8.97 Å². The topological polar surface area (TPSA) is 35.1 Å². The second-order valence-electron chi connectivity index (χ2n) is 4.73. The molecule has 0 unspecified atom stereocenters. The molecule has 0 bridgehead atoms. The van der Waals surface area contributed by atoms with E-state index in [0.29, 0.717) is 0 Å². The van der Waals surface area contributed by atoms with Crippen LogP contribution in [-0.2, 0) is 0 Å². The van der Waals surface area contributed by atoms with Gasteiger partial charge in [-0.05, 0) is 59.0 Å². The molecule has 4 heterocycles. The van der Waals surface area contributed by atoms with Crippen molar-refractivity contribution in [2.45, 2.75) is 0 Å². The number of hydrogen-bond acceptors (Lipinski definition) is 2. The lowest BCUT2D eigenvalue weighted by molar-refractivity contribution is 1.01. The third kappa shape index (κ3) is 2.33. The summed E-state index contributed by atoms with van der Waals surface area (Å²) in [6, 6.07) is 12.1. The fraction of sp³-hybridized carbons (Fsp3) is 0. The molecule has 0 aromatic carbocycles. The van der Waals surface area contributed by atoms with E-state index < -0.39 is 0 Å². The number of rotatable bonds is 2. The SMILES string of the molecule is [123I]c1ccc2nc(-c3ccc(-n4cccc4)nc3)cn2c1. The van der Waals surface area contributed by atoms with Crippen LogP contribution >= 0.6 is 22.6 Å². The van der Waals surface area contributed by atoms with Gasteiger partial charge in [-0.15, -0.1) is 0 Å². The van der Waals surface area contributed by atoms with Gasteiger partial charge in [-0.1, -0.05) is 0 Å². The minimum absolute atomic E-state index is 0.905. The summed E-state index contributed by atoms with van der Waals surface area (Å²) in [6.45, 7) is 0. The summed E-state index contributed by atoms with van der Waals surface area (Å²) in [5, 5.41) is 0. The van der Waals surface area contributed by atoms with Crippen LogP contribution in [0, 0.1) is 3.57 Å². The second-order valence-corrected chi connectivity index (χ2v) is 5.98.